The van der Waals surface area contributed by atoms with E-state index in [1.165, 1.54) is 12.8 Å². The van der Waals surface area contributed by atoms with Crippen LogP contribution in [0, 0.1) is 0 Å². The van der Waals surface area contributed by atoms with Crippen LogP contribution in [0.25, 0.3) is 11.5 Å². The van der Waals surface area contributed by atoms with Crippen molar-refractivity contribution >= 4 is 5.91 Å². The average molecular weight is 315 g/mol. The van der Waals surface area contributed by atoms with Crippen molar-refractivity contribution in [3.05, 3.63) is 30.2 Å². The number of hydrogen-bond acceptors (Lipinski definition) is 5. The second-order valence-electron chi connectivity index (χ2n) is 5.80. The highest BCUT2D eigenvalue weighted by Gasteiger charge is 2.20. The Kier molecular flexibility index (Phi) is 4.90. The van der Waals surface area contributed by atoms with Gasteiger partial charge in [-0.15, -0.1) is 10.2 Å². The minimum absolute atomic E-state index is 0.0139. The molecule has 1 N–H and O–H groups in total. The lowest BCUT2D eigenvalue weighted by molar-refractivity contribution is 0.0899. The quantitative estimate of drug-likeness (QED) is 0.877. The summed E-state index contributed by atoms with van der Waals surface area (Å²) in [6.07, 6.45) is 6.84. The Balaban J connectivity index is 1.66. The molecule has 1 fully saturated rings. The molecule has 1 amide bonds. The van der Waals surface area contributed by atoms with Gasteiger partial charge in [0.15, 0.2) is 0 Å². The first-order valence-electron chi connectivity index (χ1n) is 8.05. The van der Waals surface area contributed by atoms with Crippen molar-refractivity contribution in [3.8, 4) is 17.2 Å². The van der Waals surface area contributed by atoms with Gasteiger partial charge >= 0.3 is 11.8 Å². The largest absolute Gasteiger partial charge is 0.497 e. The van der Waals surface area contributed by atoms with Gasteiger partial charge in [-0.3, -0.25) is 4.79 Å². The Morgan fingerprint density at radius 1 is 1.13 bits per heavy atom. The molecule has 0 bridgehead atoms. The lowest BCUT2D eigenvalue weighted by Crippen LogP contribution is -2.34. The molecule has 0 radical (unpaired) electrons. The van der Waals surface area contributed by atoms with Crippen LogP contribution in [0.4, 0.5) is 0 Å². The zero-order chi connectivity index (χ0) is 16.1. The number of nitrogens with one attached hydrogen (secondary N) is 1. The second kappa shape index (κ2) is 7.26. The van der Waals surface area contributed by atoms with Gasteiger partial charge in [0, 0.05) is 11.6 Å². The van der Waals surface area contributed by atoms with Gasteiger partial charge in [-0.25, -0.2) is 0 Å². The molecule has 1 saturated carbocycles. The van der Waals surface area contributed by atoms with Gasteiger partial charge in [0.2, 0.25) is 5.89 Å². The van der Waals surface area contributed by atoms with Crippen LogP contribution in [0.5, 0.6) is 5.75 Å². The smallest absolute Gasteiger partial charge is 0.309 e. The molecule has 1 aromatic carbocycles. The summed E-state index contributed by atoms with van der Waals surface area (Å²) < 4.78 is 10.6. The number of carbonyl (C=O) groups is 1. The molecule has 3 rings (SSSR count). The first-order chi connectivity index (χ1) is 11.3. The third kappa shape index (κ3) is 3.88. The summed E-state index contributed by atoms with van der Waals surface area (Å²) in [6.45, 7) is 0. The van der Waals surface area contributed by atoms with Gasteiger partial charge in [0.25, 0.3) is 0 Å². The predicted molar refractivity (Wildman–Crippen MR) is 85.2 cm³/mol. The van der Waals surface area contributed by atoms with Gasteiger partial charge < -0.3 is 14.5 Å². The number of rotatable bonds is 4. The number of hydrogen-bond donors (Lipinski definition) is 1. The van der Waals surface area contributed by atoms with Crippen molar-refractivity contribution < 1.29 is 13.9 Å². The Bertz CT molecular complexity index is 643. The predicted octanol–water partition coefficient (Wildman–Crippen LogP) is 3.20. The van der Waals surface area contributed by atoms with Crippen LogP contribution in [-0.4, -0.2) is 29.3 Å². The third-order valence-corrected chi connectivity index (χ3v) is 4.15. The summed E-state index contributed by atoms with van der Waals surface area (Å²) in [5.74, 6) is 0.808. The fraction of sp³-hybridized carbons (Fsp3) is 0.471. The molecule has 0 atom stereocenters. The van der Waals surface area contributed by atoms with E-state index in [0.29, 0.717) is 5.89 Å². The normalized spacial score (nSPS) is 15.9. The van der Waals surface area contributed by atoms with Crippen molar-refractivity contribution in [3.63, 3.8) is 0 Å². The first kappa shape index (κ1) is 15.5. The van der Waals surface area contributed by atoms with Gasteiger partial charge in [-0.2, -0.15) is 0 Å². The highest BCUT2D eigenvalue weighted by Crippen LogP contribution is 2.22. The molecular weight excluding hydrogens is 294 g/mol. The number of nitrogens with zero attached hydrogens (tertiary/aromatic N) is 2. The summed E-state index contributed by atoms with van der Waals surface area (Å²) in [5.41, 5.74) is 0.756. The summed E-state index contributed by atoms with van der Waals surface area (Å²) in [5, 5.41) is 10.8. The average Bonchev–Trinajstić information content (AvgIpc) is 2.94. The van der Waals surface area contributed by atoms with Crippen molar-refractivity contribution in [1.82, 2.24) is 15.5 Å². The number of ether oxygens (including phenoxy) is 1. The maximum Gasteiger partial charge on any atom is 0.309 e. The summed E-state index contributed by atoms with van der Waals surface area (Å²) in [7, 11) is 1.61. The molecule has 1 aliphatic carbocycles. The van der Waals surface area contributed by atoms with Gasteiger partial charge in [-0.1, -0.05) is 25.7 Å². The fourth-order valence-electron chi connectivity index (χ4n) is 2.84. The van der Waals surface area contributed by atoms with Crippen LogP contribution >= 0.6 is 0 Å². The summed E-state index contributed by atoms with van der Waals surface area (Å²) in [4.78, 5) is 12.2. The number of amides is 1. The van der Waals surface area contributed by atoms with E-state index in [4.69, 9.17) is 9.15 Å². The number of aromatic nitrogens is 2. The molecule has 122 valence electrons. The standard InChI is InChI=1S/C17H21N3O3/c1-22-14-10-8-12(9-11-14)16-19-20-17(23-16)15(21)18-13-6-4-2-3-5-7-13/h8-11,13H,2-7H2,1H3,(H,18,21). The van der Waals surface area contributed by atoms with Crippen LogP contribution in [0.3, 0.4) is 0 Å². The topological polar surface area (TPSA) is 77.2 Å². The van der Waals surface area contributed by atoms with Crippen molar-refractivity contribution in [2.24, 2.45) is 0 Å². The molecule has 1 aromatic heterocycles. The van der Waals surface area contributed by atoms with E-state index in [9.17, 15) is 4.79 Å². The highest BCUT2D eigenvalue weighted by atomic mass is 16.5. The molecule has 0 aliphatic heterocycles. The van der Waals surface area contributed by atoms with Crippen LogP contribution in [0.15, 0.2) is 28.7 Å². The molecule has 6 nitrogen and oxygen atoms in total. The maximum atomic E-state index is 12.2. The zero-order valence-corrected chi connectivity index (χ0v) is 13.2. The Morgan fingerprint density at radius 3 is 2.48 bits per heavy atom. The maximum absolute atomic E-state index is 12.2. The molecular formula is C17H21N3O3. The number of carbonyl (C=O) groups excluding carboxylic acids is 1. The van der Waals surface area contributed by atoms with E-state index in [1.807, 2.05) is 24.3 Å². The molecule has 2 aromatic rings. The van der Waals surface area contributed by atoms with E-state index in [-0.39, 0.29) is 17.8 Å². The van der Waals surface area contributed by atoms with E-state index < -0.39 is 0 Å². The fourth-order valence-corrected chi connectivity index (χ4v) is 2.84. The van der Waals surface area contributed by atoms with Crippen LogP contribution < -0.4 is 10.1 Å². The molecule has 0 spiro atoms. The van der Waals surface area contributed by atoms with Crippen LogP contribution in [0.1, 0.15) is 49.2 Å². The molecule has 23 heavy (non-hydrogen) atoms. The number of benzene rings is 1. The summed E-state index contributed by atoms with van der Waals surface area (Å²) in [6, 6.07) is 7.47. The lowest BCUT2D eigenvalue weighted by Gasteiger charge is -2.14. The number of methoxy groups -OCH3 is 1. The minimum Gasteiger partial charge on any atom is -0.497 e. The van der Waals surface area contributed by atoms with Crippen molar-refractivity contribution in [2.75, 3.05) is 7.11 Å². The second-order valence-corrected chi connectivity index (χ2v) is 5.80. The Labute approximate surface area is 135 Å². The van der Waals surface area contributed by atoms with E-state index >= 15 is 0 Å². The Morgan fingerprint density at radius 2 is 1.83 bits per heavy atom. The van der Waals surface area contributed by atoms with E-state index in [0.717, 1.165) is 37.0 Å². The van der Waals surface area contributed by atoms with Gasteiger partial charge in [-0.05, 0) is 37.1 Å². The summed E-state index contributed by atoms with van der Waals surface area (Å²) >= 11 is 0. The van der Waals surface area contributed by atoms with Crippen LogP contribution in [0.2, 0.25) is 0 Å². The molecule has 1 heterocycles. The minimum atomic E-state index is -0.288. The van der Waals surface area contributed by atoms with E-state index in [2.05, 4.69) is 15.5 Å². The molecule has 0 saturated heterocycles. The van der Waals surface area contributed by atoms with Crippen molar-refractivity contribution in [1.29, 1.82) is 0 Å². The van der Waals surface area contributed by atoms with E-state index in [1.54, 1.807) is 7.11 Å². The Hall–Kier alpha value is -2.37. The van der Waals surface area contributed by atoms with Crippen molar-refractivity contribution in [2.45, 2.75) is 44.6 Å². The monoisotopic (exact) mass is 315 g/mol. The van der Waals surface area contributed by atoms with Crippen LogP contribution in [-0.2, 0) is 0 Å². The first-order valence-corrected chi connectivity index (χ1v) is 8.05. The highest BCUT2D eigenvalue weighted by molar-refractivity contribution is 5.89. The SMILES string of the molecule is COc1ccc(-c2nnc(C(=O)NC3CCCCCC3)o2)cc1. The zero-order valence-electron chi connectivity index (χ0n) is 13.2. The van der Waals surface area contributed by atoms with Gasteiger partial charge in [0.1, 0.15) is 5.75 Å². The molecule has 1 aliphatic rings. The third-order valence-electron chi connectivity index (χ3n) is 4.15. The lowest BCUT2D eigenvalue weighted by atomic mass is 10.1. The molecule has 0 unspecified atom stereocenters. The van der Waals surface area contributed by atoms with Gasteiger partial charge in [0.05, 0.1) is 7.11 Å². The molecule has 6 heteroatoms.